The number of nitrogens with zero attached hydrogens (tertiary/aromatic N) is 3. The molecule has 0 saturated carbocycles. The summed E-state index contributed by atoms with van der Waals surface area (Å²) in [5.74, 6) is 4.35. The van der Waals surface area contributed by atoms with E-state index in [2.05, 4.69) is 91.1 Å². The predicted octanol–water partition coefficient (Wildman–Crippen LogP) is 4.57. The van der Waals surface area contributed by atoms with Crippen LogP contribution in [0.25, 0.3) is 0 Å². The number of hydrogen-bond acceptors (Lipinski definition) is 9. The first-order chi connectivity index (χ1) is 11.6. The van der Waals surface area contributed by atoms with Crippen molar-refractivity contribution in [2.45, 2.75) is 41.5 Å². The zero-order chi connectivity index (χ0) is 22.2. The van der Waals surface area contributed by atoms with Gasteiger partial charge in [-0.2, -0.15) is 0 Å². The maximum absolute atomic E-state index is 8.00. The van der Waals surface area contributed by atoms with Crippen LogP contribution in [0.3, 0.4) is 0 Å². The Balaban J connectivity index is -0.0000000153. The standard InChI is InChI=1S/C2H5NO.3C2H6.CH5NO.2CH3NO.CH2O.2HI.V/c1-3-4-2;3*1-2;1-3-2;2*1-2-3;1-2;;;/h1H2,2H3;3*1-2H3;2H2,1H3;2*3H,1H2;1H2;2*1H;/q;;;;;;;;;;+2/p-2. The molecule has 0 radical (unpaired) electrons. The molecule has 0 heterocycles. The minimum atomic E-state index is 0.628. The van der Waals surface area contributed by atoms with Crippen molar-refractivity contribution in [1.82, 2.24) is 0 Å². The molecule has 0 spiro atoms. The first-order valence-electron chi connectivity index (χ1n) is 6.21. The van der Waals surface area contributed by atoms with E-state index in [1.807, 2.05) is 48.3 Å². The fourth-order valence-electron chi connectivity index (χ4n) is 0. The van der Waals surface area contributed by atoms with Crippen LogP contribution in [0.5, 0.6) is 0 Å². The maximum atomic E-state index is 8.00. The average molecular weight is 621 g/mol. The van der Waals surface area contributed by atoms with E-state index in [-0.39, 0.29) is 0 Å². The Hall–Kier alpha value is 0.0444. The molecular formula is C12H36I2N4O5V. The van der Waals surface area contributed by atoms with E-state index >= 15 is 0 Å². The molecule has 153 valence electrons. The van der Waals surface area contributed by atoms with Crippen LogP contribution in [0.2, 0.25) is 0 Å². The monoisotopic (exact) mass is 621 g/mol. The third kappa shape index (κ3) is 8950. The molecule has 0 aliphatic carbocycles. The Kier molecular flexibility index (Phi) is 721. The minimum absolute atomic E-state index is 0.628. The molecule has 0 aliphatic heterocycles. The Morgan fingerprint density at radius 1 is 0.875 bits per heavy atom. The first kappa shape index (κ1) is 56.4. The topological polar surface area (TPSA) is 139 Å². The third-order valence-corrected chi connectivity index (χ3v) is 0.129. The SMILES string of the molecule is C=NO.C=NO.C=NOC.C=O.CC.CC.CC.CON.[I][V][I]. The molecule has 0 aromatic carbocycles. The summed E-state index contributed by atoms with van der Waals surface area (Å²) in [6, 6.07) is 0. The van der Waals surface area contributed by atoms with Crippen LogP contribution in [0.15, 0.2) is 15.5 Å². The zero-order valence-corrected chi connectivity index (χ0v) is 21.8. The third-order valence-electron chi connectivity index (χ3n) is 0.129. The summed E-state index contributed by atoms with van der Waals surface area (Å²) in [6.45, 7) is 22.3. The van der Waals surface area contributed by atoms with Crippen LogP contribution in [-0.4, -0.2) is 51.6 Å². The van der Waals surface area contributed by atoms with Gasteiger partial charge in [0.15, 0.2) is 0 Å². The number of carbonyl (C=O) groups excluding carboxylic acids is 1. The summed E-state index contributed by atoms with van der Waals surface area (Å²) < 4.78 is 0. The number of hydrogen-bond donors (Lipinski definition) is 3. The van der Waals surface area contributed by atoms with Crippen LogP contribution in [0.1, 0.15) is 41.5 Å². The summed E-state index contributed by atoms with van der Waals surface area (Å²) in [5, 5.41) is 21.7. The summed E-state index contributed by atoms with van der Waals surface area (Å²) in [6.07, 6.45) is 0. The van der Waals surface area contributed by atoms with E-state index in [0.717, 1.165) is 0 Å². The first-order valence-corrected chi connectivity index (χ1v) is 15.2. The molecule has 0 bridgehead atoms. The molecule has 0 rings (SSSR count). The fraction of sp³-hybridized carbons (Fsp3) is 0.667. The van der Waals surface area contributed by atoms with Crippen LogP contribution in [0.4, 0.5) is 0 Å². The quantitative estimate of drug-likeness (QED) is 0.170. The normalized spacial score (nSPS) is 4.12. The Labute approximate surface area is 177 Å². The van der Waals surface area contributed by atoms with Crippen molar-refractivity contribution in [3.8, 4) is 0 Å². The number of halogens is 2. The predicted molar refractivity (Wildman–Crippen MR) is 120 cm³/mol. The second kappa shape index (κ2) is 307. The van der Waals surface area contributed by atoms with Crippen LogP contribution in [-0.2, 0) is 23.9 Å². The number of rotatable bonds is 1. The molecule has 0 aromatic heterocycles. The summed E-state index contributed by atoms with van der Waals surface area (Å²) in [4.78, 5) is 15.8. The van der Waals surface area contributed by atoms with Gasteiger partial charge in [-0.25, -0.2) is 5.90 Å². The molecule has 0 unspecified atom stereocenters. The Morgan fingerprint density at radius 2 is 0.917 bits per heavy atom. The van der Waals surface area contributed by atoms with E-state index in [9.17, 15) is 0 Å². The summed E-state index contributed by atoms with van der Waals surface area (Å²) in [5.41, 5.74) is 0. The van der Waals surface area contributed by atoms with Gasteiger partial charge in [0, 0.05) is 20.2 Å². The van der Waals surface area contributed by atoms with E-state index < -0.39 is 0 Å². The molecule has 0 atom stereocenters. The van der Waals surface area contributed by atoms with E-state index in [4.69, 9.17) is 15.2 Å². The van der Waals surface area contributed by atoms with Crippen molar-refractivity contribution >= 4 is 66.9 Å². The Morgan fingerprint density at radius 3 is 0.917 bits per heavy atom. The van der Waals surface area contributed by atoms with Gasteiger partial charge in [-0.1, -0.05) is 41.5 Å². The van der Waals surface area contributed by atoms with Crippen molar-refractivity contribution in [3.05, 3.63) is 0 Å². The molecular weight excluding hydrogens is 585 g/mol. The van der Waals surface area contributed by atoms with Gasteiger partial charge in [0.25, 0.3) is 0 Å². The number of oxime groups is 3. The fourth-order valence-corrected chi connectivity index (χ4v) is 0. The second-order valence-electron chi connectivity index (χ2n) is 0.894. The van der Waals surface area contributed by atoms with Crippen LogP contribution in [0, 0.1) is 0 Å². The van der Waals surface area contributed by atoms with Gasteiger partial charge in [0.1, 0.15) is 13.9 Å². The van der Waals surface area contributed by atoms with E-state index in [1.54, 1.807) is 0 Å². The van der Waals surface area contributed by atoms with Crippen LogP contribution >= 0.6 is 40.0 Å². The number of carbonyl (C=O) groups is 1. The van der Waals surface area contributed by atoms with E-state index in [0.29, 0.717) is 9.47 Å². The van der Waals surface area contributed by atoms with Crippen molar-refractivity contribution in [2.24, 2.45) is 21.4 Å². The second-order valence-corrected chi connectivity index (χ2v) is 12.7. The van der Waals surface area contributed by atoms with Gasteiger partial charge in [-0.3, -0.25) is 0 Å². The van der Waals surface area contributed by atoms with Crippen molar-refractivity contribution in [1.29, 1.82) is 0 Å². The van der Waals surface area contributed by atoms with E-state index in [1.165, 1.54) is 14.2 Å². The van der Waals surface area contributed by atoms with Crippen LogP contribution < -0.4 is 5.90 Å². The van der Waals surface area contributed by atoms with Gasteiger partial charge < -0.3 is 24.9 Å². The summed E-state index contributed by atoms with van der Waals surface area (Å²) >= 11 is 4.74. The number of nitrogens with two attached hydrogens (primary N) is 1. The van der Waals surface area contributed by atoms with Gasteiger partial charge in [-0.05, 0) is 0 Å². The van der Waals surface area contributed by atoms with Crippen molar-refractivity contribution < 1.29 is 34.3 Å². The summed E-state index contributed by atoms with van der Waals surface area (Å²) in [7, 11) is 3.48. The molecule has 0 saturated heterocycles. The molecule has 24 heavy (non-hydrogen) atoms. The molecule has 4 N–H and O–H groups in total. The van der Waals surface area contributed by atoms with Gasteiger partial charge >= 0.3 is 49.4 Å². The van der Waals surface area contributed by atoms with Gasteiger partial charge in [-0.15, -0.1) is 15.5 Å². The van der Waals surface area contributed by atoms with Crippen molar-refractivity contribution in [2.75, 3.05) is 14.2 Å². The zero-order valence-electron chi connectivity index (χ0n) is 16.1. The molecule has 0 aromatic rings. The molecule has 9 nitrogen and oxygen atoms in total. The van der Waals surface area contributed by atoms with Crippen molar-refractivity contribution in [3.63, 3.8) is 0 Å². The molecule has 0 aliphatic rings. The Bertz CT molecular complexity index is 128. The average Bonchev–Trinajstić information content (AvgIpc) is 2.64. The molecule has 0 amide bonds. The van der Waals surface area contributed by atoms with Gasteiger partial charge in [0.05, 0.1) is 7.11 Å². The molecule has 0 fully saturated rings. The van der Waals surface area contributed by atoms with Gasteiger partial charge in [0.2, 0.25) is 0 Å². The molecule has 12 heteroatoms.